The highest BCUT2D eigenvalue weighted by atomic mass is 15.1. The molecule has 0 bridgehead atoms. The van der Waals surface area contributed by atoms with Gasteiger partial charge < -0.3 is 0 Å². The number of likely N-dealkylation sites (tertiary alicyclic amines) is 1. The second-order valence-electron chi connectivity index (χ2n) is 6.00. The topological polar surface area (TPSA) is 3.24 Å². The van der Waals surface area contributed by atoms with Crippen LogP contribution in [0.4, 0.5) is 0 Å². The van der Waals surface area contributed by atoms with Gasteiger partial charge in [0.1, 0.15) is 0 Å². The molecule has 2 atom stereocenters. The molecule has 2 aromatic carbocycles. The zero-order valence-electron chi connectivity index (χ0n) is 12.2. The summed E-state index contributed by atoms with van der Waals surface area (Å²) in [7, 11) is 0. The zero-order chi connectivity index (χ0) is 13.8. The second-order valence-corrected chi connectivity index (χ2v) is 6.00. The Bertz CT molecular complexity index is 520. The Hall–Kier alpha value is -1.60. The van der Waals surface area contributed by atoms with E-state index in [0.717, 1.165) is 18.4 Å². The fourth-order valence-corrected chi connectivity index (χ4v) is 3.41. The molecule has 0 spiro atoms. The molecule has 0 unspecified atom stereocenters. The molecule has 1 heterocycles. The van der Waals surface area contributed by atoms with E-state index in [1.807, 2.05) is 0 Å². The highest BCUT2D eigenvalue weighted by molar-refractivity contribution is 5.21. The third kappa shape index (κ3) is 3.10. The van der Waals surface area contributed by atoms with Crippen molar-refractivity contribution < 1.29 is 0 Å². The molecular formula is C19H23N. The minimum absolute atomic E-state index is 0.725. The van der Waals surface area contributed by atoms with Gasteiger partial charge in [-0.05, 0) is 35.9 Å². The first-order chi connectivity index (χ1) is 9.83. The monoisotopic (exact) mass is 265 g/mol. The van der Waals surface area contributed by atoms with Crippen molar-refractivity contribution in [2.45, 2.75) is 25.8 Å². The number of nitrogens with zero attached hydrogens (tertiary/aromatic N) is 1. The van der Waals surface area contributed by atoms with Gasteiger partial charge in [-0.25, -0.2) is 0 Å². The first-order valence-electron chi connectivity index (χ1n) is 7.64. The standard InChI is InChI=1S/C19H23N/c1-16-14-20(15-17-8-4-2-5-9-17)13-12-19(16)18-10-6-3-7-11-18/h2-11,16,19H,12-15H2,1H3/t16-,19-/m1/s1. The first kappa shape index (κ1) is 13.4. The maximum absolute atomic E-state index is 2.60. The van der Waals surface area contributed by atoms with Crippen LogP contribution in [0.2, 0.25) is 0 Å². The maximum atomic E-state index is 2.60. The van der Waals surface area contributed by atoms with Crippen molar-refractivity contribution in [3.63, 3.8) is 0 Å². The molecule has 20 heavy (non-hydrogen) atoms. The smallest absolute Gasteiger partial charge is 0.0233 e. The highest BCUT2D eigenvalue weighted by Crippen LogP contribution is 2.33. The second kappa shape index (κ2) is 6.23. The summed E-state index contributed by atoms with van der Waals surface area (Å²) in [4.78, 5) is 2.60. The summed E-state index contributed by atoms with van der Waals surface area (Å²) >= 11 is 0. The fourth-order valence-electron chi connectivity index (χ4n) is 3.41. The number of hydrogen-bond donors (Lipinski definition) is 0. The van der Waals surface area contributed by atoms with Gasteiger partial charge in [0.25, 0.3) is 0 Å². The lowest BCUT2D eigenvalue weighted by atomic mass is 9.81. The summed E-state index contributed by atoms with van der Waals surface area (Å²) in [6.07, 6.45) is 1.28. The van der Waals surface area contributed by atoms with E-state index in [0.29, 0.717) is 0 Å². The molecular weight excluding hydrogens is 242 g/mol. The Labute approximate surface area is 122 Å². The van der Waals surface area contributed by atoms with Crippen LogP contribution in [0.5, 0.6) is 0 Å². The molecule has 104 valence electrons. The fraction of sp³-hybridized carbons (Fsp3) is 0.368. The van der Waals surface area contributed by atoms with Crippen LogP contribution in [0.25, 0.3) is 0 Å². The Morgan fingerprint density at radius 3 is 2.25 bits per heavy atom. The van der Waals surface area contributed by atoms with Crippen LogP contribution in [0.3, 0.4) is 0 Å². The van der Waals surface area contributed by atoms with Crippen LogP contribution in [0, 0.1) is 5.92 Å². The number of piperidine rings is 1. The van der Waals surface area contributed by atoms with Crippen molar-refractivity contribution in [1.82, 2.24) is 4.90 Å². The summed E-state index contributed by atoms with van der Waals surface area (Å²) in [5, 5.41) is 0. The molecule has 0 radical (unpaired) electrons. The lowest BCUT2D eigenvalue weighted by Gasteiger charge is -2.37. The minimum Gasteiger partial charge on any atom is -0.299 e. The van der Waals surface area contributed by atoms with Gasteiger partial charge in [0, 0.05) is 13.1 Å². The van der Waals surface area contributed by atoms with Gasteiger partial charge in [0.05, 0.1) is 0 Å². The van der Waals surface area contributed by atoms with E-state index < -0.39 is 0 Å². The lowest BCUT2D eigenvalue weighted by Crippen LogP contribution is -2.37. The van der Waals surface area contributed by atoms with Gasteiger partial charge in [-0.15, -0.1) is 0 Å². The summed E-state index contributed by atoms with van der Waals surface area (Å²) < 4.78 is 0. The van der Waals surface area contributed by atoms with Gasteiger partial charge in [-0.1, -0.05) is 67.6 Å². The van der Waals surface area contributed by atoms with Crippen molar-refractivity contribution in [2.75, 3.05) is 13.1 Å². The van der Waals surface area contributed by atoms with Crippen molar-refractivity contribution in [3.8, 4) is 0 Å². The predicted molar refractivity (Wildman–Crippen MR) is 84.7 cm³/mol. The third-order valence-electron chi connectivity index (χ3n) is 4.47. The molecule has 1 heteroatoms. The Kier molecular flexibility index (Phi) is 4.17. The van der Waals surface area contributed by atoms with Gasteiger partial charge in [0.2, 0.25) is 0 Å². The van der Waals surface area contributed by atoms with Crippen LogP contribution in [-0.2, 0) is 6.54 Å². The van der Waals surface area contributed by atoms with E-state index in [1.165, 1.54) is 30.6 Å². The Balaban J connectivity index is 1.62. The average molecular weight is 265 g/mol. The summed E-state index contributed by atoms with van der Waals surface area (Å²) in [5.41, 5.74) is 2.94. The van der Waals surface area contributed by atoms with E-state index in [2.05, 4.69) is 72.5 Å². The predicted octanol–water partition coefficient (Wildman–Crippen LogP) is 4.31. The molecule has 3 rings (SSSR count). The van der Waals surface area contributed by atoms with Gasteiger partial charge >= 0.3 is 0 Å². The SMILES string of the molecule is C[C@@H]1CN(Cc2ccccc2)CC[C@H]1c1ccccc1. The molecule has 1 nitrogen and oxygen atoms in total. The van der Waals surface area contributed by atoms with Gasteiger partial charge in [0.15, 0.2) is 0 Å². The van der Waals surface area contributed by atoms with E-state index in [-0.39, 0.29) is 0 Å². The van der Waals surface area contributed by atoms with Gasteiger partial charge in [-0.2, -0.15) is 0 Å². The summed E-state index contributed by atoms with van der Waals surface area (Å²) in [6, 6.07) is 21.8. The number of benzene rings is 2. The molecule has 0 saturated carbocycles. The number of hydrogen-bond acceptors (Lipinski definition) is 1. The lowest BCUT2D eigenvalue weighted by molar-refractivity contribution is 0.156. The van der Waals surface area contributed by atoms with E-state index >= 15 is 0 Å². The zero-order valence-corrected chi connectivity index (χ0v) is 12.2. The van der Waals surface area contributed by atoms with Gasteiger partial charge in [-0.3, -0.25) is 4.90 Å². The molecule has 0 aliphatic carbocycles. The molecule has 1 aliphatic heterocycles. The van der Waals surface area contributed by atoms with Crippen molar-refractivity contribution in [2.24, 2.45) is 5.92 Å². The van der Waals surface area contributed by atoms with Crippen LogP contribution in [0.1, 0.15) is 30.4 Å². The molecule has 0 aromatic heterocycles. The molecule has 1 aliphatic rings. The third-order valence-corrected chi connectivity index (χ3v) is 4.47. The molecule has 1 fully saturated rings. The first-order valence-corrected chi connectivity index (χ1v) is 7.64. The summed E-state index contributed by atoms with van der Waals surface area (Å²) in [5.74, 6) is 1.46. The molecule has 0 N–H and O–H groups in total. The summed E-state index contributed by atoms with van der Waals surface area (Å²) in [6.45, 7) is 5.90. The van der Waals surface area contributed by atoms with Crippen LogP contribution < -0.4 is 0 Å². The van der Waals surface area contributed by atoms with E-state index in [9.17, 15) is 0 Å². The van der Waals surface area contributed by atoms with Crippen molar-refractivity contribution >= 4 is 0 Å². The number of rotatable bonds is 3. The van der Waals surface area contributed by atoms with Crippen molar-refractivity contribution in [1.29, 1.82) is 0 Å². The van der Waals surface area contributed by atoms with Crippen LogP contribution in [-0.4, -0.2) is 18.0 Å². The largest absolute Gasteiger partial charge is 0.299 e. The normalized spacial score (nSPS) is 23.6. The Morgan fingerprint density at radius 2 is 1.60 bits per heavy atom. The molecule has 1 saturated heterocycles. The van der Waals surface area contributed by atoms with Crippen LogP contribution in [0.15, 0.2) is 60.7 Å². The highest BCUT2D eigenvalue weighted by Gasteiger charge is 2.26. The van der Waals surface area contributed by atoms with Crippen molar-refractivity contribution in [3.05, 3.63) is 71.8 Å². The maximum Gasteiger partial charge on any atom is 0.0233 e. The average Bonchev–Trinajstić information content (AvgIpc) is 2.49. The molecule has 2 aromatic rings. The van der Waals surface area contributed by atoms with E-state index in [4.69, 9.17) is 0 Å². The quantitative estimate of drug-likeness (QED) is 0.799. The van der Waals surface area contributed by atoms with E-state index in [1.54, 1.807) is 0 Å². The van der Waals surface area contributed by atoms with Crippen LogP contribution >= 0.6 is 0 Å². The molecule has 0 amide bonds. The Morgan fingerprint density at radius 1 is 0.950 bits per heavy atom. The minimum atomic E-state index is 0.725.